The Morgan fingerprint density at radius 1 is 0.531 bits per heavy atom. The molecule has 0 unspecified atom stereocenters. The van der Waals surface area contributed by atoms with Gasteiger partial charge in [-0.1, -0.05) is 0 Å². The Morgan fingerprint density at radius 3 is 1.30 bits per heavy atom. The quantitative estimate of drug-likeness (QED) is 0.0304. The molecule has 5 aromatic rings. The molecule has 3 aliphatic heterocycles. The molecule has 1 amide bonds. The summed E-state index contributed by atoms with van der Waals surface area (Å²) in [5, 5.41) is 4.34. The standard InChI is InChI=1S/C14H18ClF2NOS.2C14H19F2NOS.C10H9ClF2O.C10H11F2N.C6H12ClNO2.ClH/c1-14(2,3)20(19)18-13(5-4-8-15)11-9-10(16)6-7-12(11)17;2*1-14(2,3)19(18)17-8-4-5-13(17)11-9-10(15)6-7-12(11)16;11-5-1-2-10(14)8-6-7(12)3-4-9(8)13;11-7-3-4-9(12)8(6-7)10-2-1-5-13-10;1-8(10-2)6(9)4-3-5-7;/h6-7,9H,4-5,8H2,1-3H3;2*6-7,9,13H,4-5,8H2,1-3H3;3-4,6H,1-2,5H2;3-4,6,10,13H,1-2,5H2;3-5H2,1-2H3;1H/t20-;13-,19+;13-,19-;;10-;;/m001.1../s1. The monoisotopic (exact) mass is 1500 g/mol. The normalized spacial score (nSPS) is 17.5. The largest absolute Gasteiger partial charge is 0.310 e. The molecule has 6 atom stereocenters. The molecule has 3 saturated heterocycles. The summed E-state index contributed by atoms with van der Waals surface area (Å²) in [6.45, 7) is 18.9. The van der Waals surface area contributed by atoms with Gasteiger partial charge in [-0.05, 0) is 224 Å². The molecular formula is C68H89Cl4F10N5O6S3. The summed E-state index contributed by atoms with van der Waals surface area (Å²) in [6, 6.07) is 15.9. The lowest BCUT2D eigenvalue weighted by atomic mass is 10.0. The van der Waals surface area contributed by atoms with E-state index in [9.17, 15) is 66.1 Å². The highest BCUT2D eigenvalue weighted by Crippen LogP contribution is 2.39. The number of carbonyl (C=O) groups excluding carboxylic acids is 2. The molecule has 5 aromatic carbocycles. The Morgan fingerprint density at radius 2 is 0.906 bits per heavy atom. The fourth-order valence-electron chi connectivity index (χ4n) is 9.44. The zero-order chi connectivity index (χ0) is 71.5. The van der Waals surface area contributed by atoms with E-state index in [0.29, 0.717) is 92.4 Å². The first-order valence-electron chi connectivity index (χ1n) is 30.9. The molecule has 1 N–H and O–H groups in total. The highest BCUT2D eigenvalue weighted by molar-refractivity contribution is 7.85. The summed E-state index contributed by atoms with van der Waals surface area (Å²) >= 11 is 16.4. The van der Waals surface area contributed by atoms with Gasteiger partial charge >= 0.3 is 0 Å². The molecule has 0 aliphatic carbocycles. The molecular weight excluding hydrogens is 1410 g/mol. The van der Waals surface area contributed by atoms with Crippen LogP contribution in [0.25, 0.3) is 0 Å². The number of hydroxylamine groups is 2. The Balaban J connectivity index is 0.000000397. The number of carbonyl (C=O) groups is 2. The van der Waals surface area contributed by atoms with E-state index in [2.05, 4.69) is 14.6 Å². The van der Waals surface area contributed by atoms with Crippen molar-refractivity contribution in [1.82, 2.24) is 19.0 Å². The van der Waals surface area contributed by atoms with Crippen LogP contribution in [-0.4, -0.2) is 109 Å². The van der Waals surface area contributed by atoms with Gasteiger partial charge in [-0.3, -0.25) is 14.4 Å². The summed E-state index contributed by atoms with van der Waals surface area (Å²) < 4.78 is 176. The summed E-state index contributed by atoms with van der Waals surface area (Å²) in [6.07, 6.45) is 7.71. The fraction of sp³-hybridized carbons (Fsp3) is 0.515. The van der Waals surface area contributed by atoms with E-state index >= 15 is 0 Å². The first kappa shape index (κ1) is 87.7. The van der Waals surface area contributed by atoms with Gasteiger partial charge in [0.25, 0.3) is 0 Å². The maximum Gasteiger partial charge on any atom is 0.245 e. The highest BCUT2D eigenvalue weighted by Gasteiger charge is 2.38. The average molecular weight is 1500 g/mol. The van der Waals surface area contributed by atoms with E-state index in [1.807, 2.05) is 41.5 Å². The minimum atomic E-state index is -1.53. The molecule has 96 heavy (non-hydrogen) atoms. The van der Waals surface area contributed by atoms with Gasteiger partial charge in [0.05, 0.1) is 44.7 Å². The topological polar surface area (TPSA) is 129 Å². The van der Waals surface area contributed by atoms with Gasteiger partial charge in [0.15, 0.2) is 5.78 Å². The van der Waals surface area contributed by atoms with Gasteiger partial charge in [-0.25, -0.2) is 70.2 Å². The van der Waals surface area contributed by atoms with Crippen LogP contribution in [0.1, 0.15) is 190 Å². The van der Waals surface area contributed by atoms with Crippen LogP contribution in [-0.2, 0) is 42.6 Å². The van der Waals surface area contributed by atoms with Gasteiger partial charge in [0, 0.05) is 78.9 Å². The summed E-state index contributed by atoms with van der Waals surface area (Å²) in [5.74, 6) is -4.11. The lowest BCUT2D eigenvalue weighted by Gasteiger charge is -2.30. The highest BCUT2D eigenvalue weighted by atomic mass is 35.5. The van der Waals surface area contributed by atoms with Crippen molar-refractivity contribution < 1.29 is 71.0 Å². The Hall–Kier alpha value is -4.34. The van der Waals surface area contributed by atoms with Crippen molar-refractivity contribution in [2.24, 2.45) is 4.40 Å². The van der Waals surface area contributed by atoms with Gasteiger partial charge in [-0.2, -0.15) is 4.40 Å². The van der Waals surface area contributed by atoms with E-state index in [1.165, 1.54) is 36.4 Å². The lowest BCUT2D eigenvalue weighted by Crippen LogP contribution is -2.37. The third-order valence-corrected chi connectivity index (χ3v) is 20.4. The third-order valence-electron chi connectivity index (χ3n) is 14.3. The predicted octanol–water partition coefficient (Wildman–Crippen LogP) is 18.4. The fourth-order valence-corrected chi connectivity index (χ4v) is 13.4. The molecule has 0 radical (unpaired) electrons. The smallest absolute Gasteiger partial charge is 0.245 e. The molecule has 0 saturated carbocycles. The predicted molar refractivity (Wildman–Crippen MR) is 371 cm³/mol. The molecule has 538 valence electrons. The van der Waals surface area contributed by atoms with Crippen molar-refractivity contribution in [3.63, 3.8) is 0 Å². The van der Waals surface area contributed by atoms with E-state index in [-0.39, 0.29) is 71.3 Å². The minimum Gasteiger partial charge on any atom is -0.310 e. The first-order chi connectivity index (χ1) is 44.5. The number of hydrogen-bond donors (Lipinski definition) is 1. The molecule has 0 bridgehead atoms. The van der Waals surface area contributed by atoms with Crippen molar-refractivity contribution in [3.8, 4) is 0 Å². The van der Waals surface area contributed by atoms with E-state index in [1.54, 1.807) is 36.4 Å². The minimum absolute atomic E-state index is 0. The number of alkyl halides is 3. The van der Waals surface area contributed by atoms with Crippen LogP contribution in [0.4, 0.5) is 43.9 Å². The number of halogens is 14. The number of Topliss-reactive ketones (excluding diaryl/α,β-unsaturated/α-hetero) is 1. The number of rotatable bonds is 18. The number of amides is 1. The van der Waals surface area contributed by atoms with Crippen LogP contribution in [0.5, 0.6) is 0 Å². The second-order valence-electron chi connectivity index (χ2n) is 25.0. The molecule has 0 spiro atoms. The van der Waals surface area contributed by atoms with Crippen LogP contribution >= 0.6 is 47.2 Å². The van der Waals surface area contributed by atoms with Crippen molar-refractivity contribution >= 4 is 97.6 Å². The summed E-state index contributed by atoms with van der Waals surface area (Å²) in [4.78, 5) is 26.8. The number of hydrogen-bond acceptors (Lipinski definition) is 7. The molecule has 28 heteroatoms. The zero-order valence-corrected chi connectivity index (χ0v) is 61.4. The lowest BCUT2D eigenvalue weighted by molar-refractivity contribution is -0.168. The number of benzene rings is 5. The maximum absolute atomic E-state index is 13.9. The van der Waals surface area contributed by atoms with Gasteiger partial charge in [0.2, 0.25) is 5.91 Å². The van der Waals surface area contributed by atoms with Crippen LogP contribution in [0, 0.1) is 58.2 Å². The second kappa shape index (κ2) is 42.7. The van der Waals surface area contributed by atoms with Crippen LogP contribution in [0.3, 0.4) is 0 Å². The first-order valence-corrected chi connectivity index (χ1v) is 35.8. The van der Waals surface area contributed by atoms with Crippen LogP contribution in [0.2, 0.25) is 0 Å². The van der Waals surface area contributed by atoms with Crippen molar-refractivity contribution in [3.05, 3.63) is 177 Å². The van der Waals surface area contributed by atoms with E-state index in [0.717, 1.165) is 99.0 Å². The van der Waals surface area contributed by atoms with E-state index in [4.69, 9.17) is 34.8 Å². The summed E-state index contributed by atoms with van der Waals surface area (Å²) in [7, 11) is -0.921. The number of nitrogens with zero attached hydrogens (tertiary/aromatic N) is 4. The number of ketones is 1. The van der Waals surface area contributed by atoms with E-state index < -0.39 is 99.5 Å². The maximum atomic E-state index is 13.9. The zero-order valence-electron chi connectivity index (χ0n) is 55.9. The van der Waals surface area contributed by atoms with Gasteiger partial charge in [0.1, 0.15) is 91.1 Å². The van der Waals surface area contributed by atoms with Crippen molar-refractivity contribution in [1.29, 1.82) is 0 Å². The van der Waals surface area contributed by atoms with Crippen molar-refractivity contribution in [2.45, 2.75) is 172 Å². The SMILES string of the molecule is CC(C)(C)[S@@](=O)N1CCC[C@@H]1c1cc(F)ccc1F.CC(C)(C)[S@@](=O)N1CCC[C@H]1c1cc(F)ccc1F.CC(C)(C)[S@](=O)N=C(CCCCl)c1cc(F)ccc1F.CON(C)C(=O)CCCCl.Cl.Fc1ccc(F)c([C@H]2CCCN2)c1.O=C(CCCCl)c1cc(F)ccc1F. The average Bonchev–Trinajstić information content (AvgIpc) is 1.59. The second-order valence-corrected chi connectivity index (χ2v) is 32.4. The molecule has 8 rings (SSSR count). The number of nitrogens with one attached hydrogen (secondary N) is 1. The van der Waals surface area contributed by atoms with Gasteiger partial charge in [-0.15, -0.1) is 47.2 Å². The molecule has 3 aliphatic rings. The molecule has 0 aromatic heterocycles. The summed E-state index contributed by atoms with van der Waals surface area (Å²) in [5.41, 5.74) is 1.22. The Labute approximate surface area is 588 Å². The molecule has 3 heterocycles. The molecule has 3 fully saturated rings. The Kier molecular flexibility index (Phi) is 39.0. The molecule has 11 nitrogen and oxygen atoms in total. The third kappa shape index (κ3) is 29.1. The van der Waals surface area contributed by atoms with Crippen molar-refractivity contribution in [2.75, 3.05) is 51.4 Å². The van der Waals surface area contributed by atoms with Crippen LogP contribution < -0.4 is 5.32 Å². The Bertz CT molecular complexity index is 3290. The van der Waals surface area contributed by atoms with Crippen LogP contribution in [0.15, 0.2) is 95.4 Å². The van der Waals surface area contributed by atoms with Gasteiger partial charge < -0.3 is 5.32 Å².